The van der Waals surface area contributed by atoms with Gasteiger partial charge >= 0.3 is 0 Å². The first-order valence-electron chi connectivity index (χ1n) is 9.01. The lowest BCUT2D eigenvalue weighted by atomic mass is 9.81. The van der Waals surface area contributed by atoms with Gasteiger partial charge < -0.3 is 21.3 Å². The van der Waals surface area contributed by atoms with Crippen molar-refractivity contribution in [2.45, 2.75) is 36.5 Å². The molecule has 4 rings (SSSR count). The Hall–Kier alpha value is -2.58. The highest BCUT2D eigenvalue weighted by atomic mass is 19.1. The molecule has 0 spiro atoms. The summed E-state index contributed by atoms with van der Waals surface area (Å²) in [6, 6.07) is 6.95. The second-order valence-corrected chi connectivity index (χ2v) is 7.75. The quantitative estimate of drug-likeness (QED) is 0.720. The average molecular weight is 389 g/mol. The molecule has 0 radical (unpaired) electrons. The van der Waals surface area contributed by atoms with Crippen molar-refractivity contribution in [2.24, 2.45) is 11.5 Å². The molecule has 1 amide bonds. The third-order valence-electron chi connectivity index (χ3n) is 5.88. The van der Waals surface area contributed by atoms with Crippen molar-refractivity contribution in [3.8, 4) is 17.0 Å². The molecule has 2 atom stereocenters. The third kappa shape index (κ3) is 2.51. The number of halogens is 2. The predicted molar refractivity (Wildman–Crippen MR) is 97.7 cm³/mol. The lowest BCUT2D eigenvalue weighted by Gasteiger charge is -2.31. The number of aromatic nitrogens is 1. The lowest BCUT2D eigenvalue weighted by Crippen LogP contribution is -2.46. The summed E-state index contributed by atoms with van der Waals surface area (Å²) in [7, 11) is 0. The minimum atomic E-state index is -2.02. The van der Waals surface area contributed by atoms with Crippen LogP contribution in [0.2, 0.25) is 0 Å². The van der Waals surface area contributed by atoms with Gasteiger partial charge in [-0.1, -0.05) is 0 Å². The summed E-state index contributed by atoms with van der Waals surface area (Å²) in [4.78, 5) is 16.6. The molecule has 0 bridgehead atoms. The van der Waals surface area contributed by atoms with Crippen molar-refractivity contribution >= 4 is 5.91 Å². The van der Waals surface area contributed by atoms with Crippen LogP contribution in [0, 0.1) is 5.82 Å². The molecule has 5 N–H and O–H groups in total. The standard InChI is InChI=1S/C20H21F2N3O3/c1-18(17(24)26)10-28-16-13(18)8-14(20(27,9-23)19(22)6-7-19)25-15(16)11-2-4-12(21)5-3-11/h2-5,8,27H,6-7,9-10,23H2,1H3,(H2,24,26)/t18-,20?/m0/s1. The molecular weight excluding hydrogens is 368 g/mol. The van der Waals surface area contributed by atoms with Crippen LogP contribution in [0.15, 0.2) is 30.3 Å². The zero-order chi connectivity index (χ0) is 20.3. The molecule has 1 saturated carbocycles. The van der Waals surface area contributed by atoms with E-state index in [4.69, 9.17) is 16.2 Å². The zero-order valence-corrected chi connectivity index (χ0v) is 15.3. The Morgan fingerprint density at radius 2 is 2.00 bits per heavy atom. The van der Waals surface area contributed by atoms with E-state index in [-0.39, 0.29) is 37.4 Å². The Morgan fingerprint density at radius 1 is 1.36 bits per heavy atom. The summed E-state index contributed by atoms with van der Waals surface area (Å²) in [5.41, 5.74) is 7.44. The number of carbonyl (C=O) groups excluding carboxylic acids is 1. The normalized spacial score (nSPS) is 24.2. The van der Waals surface area contributed by atoms with E-state index < -0.39 is 28.4 Å². The van der Waals surface area contributed by atoms with E-state index in [1.54, 1.807) is 6.92 Å². The van der Waals surface area contributed by atoms with Crippen LogP contribution in [0.4, 0.5) is 8.78 Å². The van der Waals surface area contributed by atoms with E-state index >= 15 is 0 Å². The molecule has 2 aromatic rings. The maximum atomic E-state index is 15.0. The number of amides is 1. The number of nitrogens with two attached hydrogens (primary N) is 2. The van der Waals surface area contributed by atoms with Crippen LogP contribution in [0.3, 0.4) is 0 Å². The SMILES string of the molecule is C[C@]1(C(N)=O)COc2c1cc(C(O)(CN)C1(F)CC1)nc2-c1ccc(F)cc1. The van der Waals surface area contributed by atoms with Crippen LogP contribution in [-0.2, 0) is 15.8 Å². The van der Waals surface area contributed by atoms with Crippen molar-refractivity contribution in [2.75, 3.05) is 13.2 Å². The molecule has 2 aliphatic rings. The van der Waals surface area contributed by atoms with Gasteiger partial charge in [0.15, 0.2) is 5.60 Å². The molecule has 1 aliphatic carbocycles. The van der Waals surface area contributed by atoms with Gasteiger partial charge in [-0.05, 0) is 50.1 Å². The molecule has 0 saturated heterocycles. The Kier molecular flexibility index (Phi) is 3.99. The summed E-state index contributed by atoms with van der Waals surface area (Å²) in [5.74, 6) is -0.746. The van der Waals surface area contributed by atoms with E-state index in [0.717, 1.165) is 0 Å². The average Bonchev–Trinajstić information content (AvgIpc) is 3.34. The number of fused-ring (bicyclic) bond motifs is 1. The molecule has 6 nitrogen and oxygen atoms in total. The van der Waals surface area contributed by atoms with Gasteiger partial charge in [0.2, 0.25) is 5.91 Å². The van der Waals surface area contributed by atoms with E-state index in [2.05, 4.69) is 4.98 Å². The third-order valence-corrected chi connectivity index (χ3v) is 5.88. The van der Waals surface area contributed by atoms with Crippen LogP contribution in [0.1, 0.15) is 31.0 Å². The summed E-state index contributed by atoms with van der Waals surface area (Å²) < 4.78 is 34.1. The second-order valence-electron chi connectivity index (χ2n) is 7.75. The summed E-state index contributed by atoms with van der Waals surface area (Å²) >= 11 is 0. The molecule has 148 valence electrons. The number of nitrogens with zero attached hydrogens (tertiary/aromatic N) is 1. The maximum Gasteiger partial charge on any atom is 0.231 e. The highest BCUT2D eigenvalue weighted by Gasteiger charge is 2.61. The van der Waals surface area contributed by atoms with E-state index in [1.807, 2.05) is 0 Å². The Morgan fingerprint density at radius 3 is 2.54 bits per heavy atom. The number of pyridine rings is 1. The van der Waals surface area contributed by atoms with Crippen molar-refractivity contribution < 1.29 is 23.4 Å². The maximum absolute atomic E-state index is 15.0. The largest absolute Gasteiger partial charge is 0.489 e. The first-order chi connectivity index (χ1) is 13.1. The van der Waals surface area contributed by atoms with E-state index in [9.17, 15) is 18.7 Å². The molecular formula is C20H21F2N3O3. The number of primary amides is 1. The van der Waals surface area contributed by atoms with Crippen LogP contribution in [0.5, 0.6) is 5.75 Å². The number of aliphatic hydroxyl groups is 1. The van der Waals surface area contributed by atoms with Gasteiger partial charge in [-0.2, -0.15) is 0 Å². The van der Waals surface area contributed by atoms with Crippen LogP contribution in [0.25, 0.3) is 11.3 Å². The first-order valence-corrected chi connectivity index (χ1v) is 9.01. The number of carbonyl (C=O) groups is 1. The monoisotopic (exact) mass is 389 g/mol. The van der Waals surface area contributed by atoms with Crippen molar-refractivity contribution in [1.82, 2.24) is 4.98 Å². The topological polar surface area (TPSA) is 111 Å². The van der Waals surface area contributed by atoms with Gasteiger partial charge in [-0.25, -0.2) is 13.8 Å². The zero-order valence-electron chi connectivity index (χ0n) is 15.3. The second kappa shape index (κ2) is 5.96. The van der Waals surface area contributed by atoms with Gasteiger partial charge in [0.05, 0.1) is 5.69 Å². The number of alkyl halides is 1. The predicted octanol–water partition coefficient (Wildman–Crippen LogP) is 1.67. The smallest absolute Gasteiger partial charge is 0.231 e. The molecule has 1 unspecified atom stereocenters. The highest BCUT2D eigenvalue weighted by molar-refractivity contribution is 5.90. The van der Waals surface area contributed by atoms with Crippen molar-refractivity contribution in [3.63, 3.8) is 0 Å². The Balaban J connectivity index is 1.98. The first kappa shape index (κ1) is 18.8. The van der Waals surface area contributed by atoms with E-state index in [0.29, 0.717) is 16.9 Å². The summed E-state index contributed by atoms with van der Waals surface area (Å²) in [6.07, 6.45) is 0.323. The summed E-state index contributed by atoms with van der Waals surface area (Å²) in [6.45, 7) is 1.22. The number of hydrogen-bond donors (Lipinski definition) is 3. The number of rotatable bonds is 5. The fourth-order valence-corrected chi connectivity index (χ4v) is 3.64. The van der Waals surface area contributed by atoms with Gasteiger partial charge in [-0.3, -0.25) is 4.79 Å². The lowest BCUT2D eigenvalue weighted by molar-refractivity contribution is -0.123. The molecule has 1 aromatic heterocycles. The highest BCUT2D eigenvalue weighted by Crippen LogP contribution is 2.54. The molecule has 2 heterocycles. The van der Waals surface area contributed by atoms with Crippen LogP contribution >= 0.6 is 0 Å². The molecule has 1 fully saturated rings. The van der Waals surface area contributed by atoms with Gasteiger partial charge in [0.1, 0.15) is 35.0 Å². The molecule has 8 heteroatoms. The van der Waals surface area contributed by atoms with E-state index in [1.165, 1.54) is 30.3 Å². The van der Waals surface area contributed by atoms with Gasteiger partial charge in [-0.15, -0.1) is 0 Å². The van der Waals surface area contributed by atoms with Crippen LogP contribution < -0.4 is 16.2 Å². The minimum absolute atomic E-state index is 0.00560. The van der Waals surface area contributed by atoms with Gasteiger partial charge in [0, 0.05) is 17.7 Å². The molecule has 1 aromatic carbocycles. The fourth-order valence-electron chi connectivity index (χ4n) is 3.64. The van der Waals surface area contributed by atoms with Gasteiger partial charge in [0.25, 0.3) is 0 Å². The number of ether oxygens (including phenoxy) is 1. The number of hydrogen-bond acceptors (Lipinski definition) is 5. The van der Waals surface area contributed by atoms with Crippen LogP contribution in [-0.4, -0.2) is 34.8 Å². The number of benzene rings is 1. The van der Waals surface area contributed by atoms with Crippen molar-refractivity contribution in [3.05, 3.63) is 47.4 Å². The molecule has 1 aliphatic heterocycles. The fraction of sp³-hybridized carbons (Fsp3) is 0.400. The Labute approximate surface area is 160 Å². The Bertz CT molecular complexity index is 962. The van der Waals surface area contributed by atoms with Crippen molar-refractivity contribution in [1.29, 1.82) is 0 Å². The molecule has 28 heavy (non-hydrogen) atoms. The minimum Gasteiger partial charge on any atom is -0.489 e. The summed E-state index contributed by atoms with van der Waals surface area (Å²) in [5, 5.41) is 11.1.